The van der Waals surface area contributed by atoms with Crippen LogP contribution in [-0.4, -0.2) is 24.9 Å². The molecule has 2 rings (SSSR count). The Labute approximate surface area is 130 Å². The predicted molar refractivity (Wildman–Crippen MR) is 83.3 cm³/mol. The molecule has 0 amide bonds. The molecule has 1 aromatic carbocycles. The lowest BCUT2D eigenvalue weighted by atomic mass is 9.79. The van der Waals surface area contributed by atoms with E-state index in [-0.39, 0.29) is 0 Å². The SMILES string of the molecule is CCOc1cc(Cl)c(B2OC(C)(C)C(C)(C)O2)cc1Cl. The van der Waals surface area contributed by atoms with Gasteiger partial charge in [0, 0.05) is 10.5 Å². The van der Waals surface area contributed by atoms with E-state index in [0.717, 1.165) is 5.46 Å². The maximum Gasteiger partial charge on any atom is 0.496 e. The Balaban J connectivity index is 2.34. The van der Waals surface area contributed by atoms with Crippen LogP contribution in [0.1, 0.15) is 34.6 Å². The maximum atomic E-state index is 6.30. The first-order valence-electron chi connectivity index (χ1n) is 6.65. The van der Waals surface area contributed by atoms with Crippen LogP contribution in [0.5, 0.6) is 5.75 Å². The fourth-order valence-corrected chi connectivity index (χ4v) is 2.43. The second kappa shape index (κ2) is 5.41. The van der Waals surface area contributed by atoms with Gasteiger partial charge in [-0.2, -0.15) is 0 Å². The Hall–Kier alpha value is -0.415. The number of ether oxygens (including phenoxy) is 1. The van der Waals surface area contributed by atoms with Gasteiger partial charge in [-0.15, -0.1) is 0 Å². The second-order valence-corrected chi connectivity index (χ2v) is 6.64. The van der Waals surface area contributed by atoms with Crippen LogP contribution in [0.15, 0.2) is 12.1 Å². The quantitative estimate of drug-likeness (QED) is 0.796. The zero-order valence-electron chi connectivity index (χ0n) is 12.4. The summed E-state index contributed by atoms with van der Waals surface area (Å²) in [7, 11) is -0.527. The van der Waals surface area contributed by atoms with Gasteiger partial charge in [-0.05, 0) is 46.8 Å². The van der Waals surface area contributed by atoms with E-state index in [4.69, 9.17) is 37.2 Å². The van der Waals surface area contributed by atoms with Crippen LogP contribution in [0.4, 0.5) is 0 Å². The standard InChI is InChI=1S/C14H19BCl2O3/c1-6-18-12-8-10(16)9(7-11(12)17)15-19-13(2,3)14(4,5)20-15/h7-8H,6H2,1-5H3. The number of rotatable bonds is 3. The Bertz CT molecular complexity index is 501. The highest BCUT2D eigenvalue weighted by molar-refractivity contribution is 6.66. The molecule has 20 heavy (non-hydrogen) atoms. The molecule has 0 aromatic heterocycles. The summed E-state index contributed by atoms with van der Waals surface area (Å²) >= 11 is 12.5. The summed E-state index contributed by atoms with van der Waals surface area (Å²) in [5.74, 6) is 0.569. The molecule has 0 aliphatic carbocycles. The zero-order valence-corrected chi connectivity index (χ0v) is 13.9. The molecule has 0 spiro atoms. The van der Waals surface area contributed by atoms with Crippen LogP contribution >= 0.6 is 23.2 Å². The van der Waals surface area contributed by atoms with Crippen LogP contribution in [0, 0.1) is 0 Å². The van der Waals surface area contributed by atoms with Gasteiger partial charge in [0.25, 0.3) is 0 Å². The van der Waals surface area contributed by atoms with Crippen molar-refractivity contribution in [2.75, 3.05) is 6.61 Å². The number of benzene rings is 1. The Morgan fingerprint density at radius 3 is 2.10 bits per heavy atom. The van der Waals surface area contributed by atoms with Crippen molar-refractivity contribution < 1.29 is 14.0 Å². The summed E-state index contributed by atoms with van der Waals surface area (Å²) < 4.78 is 17.4. The molecule has 0 N–H and O–H groups in total. The van der Waals surface area contributed by atoms with Crippen molar-refractivity contribution in [1.82, 2.24) is 0 Å². The lowest BCUT2D eigenvalue weighted by Gasteiger charge is -2.32. The van der Waals surface area contributed by atoms with Crippen LogP contribution in [-0.2, 0) is 9.31 Å². The first-order chi connectivity index (χ1) is 9.18. The van der Waals surface area contributed by atoms with Gasteiger partial charge in [0.1, 0.15) is 5.75 Å². The fourth-order valence-electron chi connectivity index (χ4n) is 1.96. The van der Waals surface area contributed by atoms with Crippen molar-refractivity contribution in [3.63, 3.8) is 0 Å². The molecule has 1 fully saturated rings. The fraction of sp³-hybridized carbons (Fsp3) is 0.571. The van der Waals surface area contributed by atoms with Gasteiger partial charge in [-0.1, -0.05) is 23.2 Å². The number of hydrogen-bond acceptors (Lipinski definition) is 3. The molecule has 6 heteroatoms. The molecule has 110 valence electrons. The van der Waals surface area contributed by atoms with Gasteiger partial charge in [0.15, 0.2) is 0 Å². The molecule has 3 nitrogen and oxygen atoms in total. The Kier molecular flexibility index (Phi) is 4.32. The normalized spacial score (nSPS) is 20.2. The van der Waals surface area contributed by atoms with E-state index in [1.165, 1.54) is 0 Å². The second-order valence-electron chi connectivity index (χ2n) is 5.83. The molecule has 0 unspecified atom stereocenters. The average molecular weight is 317 g/mol. The molecule has 1 aliphatic heterocycles. The van der Waals surface area contributed by atoms with Crippen molar-refractivity contribution >= 4 is 35.8 Å². The lowest BCUT2D eigenvalue weighted by Crippen LogP contribution is -2.41. The van der Waals surface area contributed by atoms with Gasteiger partial charge in [0.2, 0.25) is 0 Å². The van der Waals surface area contributed by atoms with Gasteiger partial charge in [0.05, 0.1) is 22.8 Å². The van der Waals surface area contributed by atoms with E-state index < -0.39 is 18.3 Å². The van der Waals surface area contributed by atoms with E-state index in [0.29, 0.717) is 22.4 Å². The zero-order chi connectivity index (χ0) is 15.1. The summed E-state index contributed by atoms with van der Waals surface area (Å²) in [6, 6.07) is 3.45. The first kappa shape index (κ1) is 16.0. The average Bonchev–Trinajstić information content (AvgIpc) is 2.53. The minimum atomic E-state index is -0.527. The first-order valence-corrected chi connectivity index (χ1v) is 7.41. The molecule has 0 saturated carbocycles. The highest BCUT2D eigenvalue weighted by Crippen LogP contribution is 2.38. The summed E-state index contributed by atoms with van der Waals surface area (Å²) in [5.41, 5.74) is -0.100. The van der Waals surface area contributed by atoms with Crippen molar-refractivity contribution in [3.8, 4) is 5.75 Å². The van der Waals surface area contributed by atoms with E-state index in [9.17, 15) is 0 Å². The Morgan fingerprint density at radius 2 is 1.60 bits per heavy atom. The van der Waals surface area contributed by atoms with Crippen molar-refractivity contribution in [2.24, 2.45) is 0 Å². The third kappa shape index (κ3) is 2.80. The molecule has 1 aliphatic rings. The minimum absolute atomic E-state index is 0.411. The summed E-state index contributed by atoms with van der Waals surface area (Å²) in [6.45, 7) is 10.4. The lowest BCUT2D eigenvalue weighted by molar-refractivity contribution is 0.00578. The molecule has 1 aromatic rings. The smallest absolute Gasteiger partial charge is 0.492 e. The van der Waals surface area contributed by atoms with Gasteiger partial charge < -0.3 is 14.0 Å². The van der Waals surface area contributed by atoms with Crippen molar-refractivity contribution in [2.45, 2.75) is 45.8 Å². The number of hydrogen-bond donors (Lipinski definition) is 0. The topological polar surface area (TPSA) is 27.7 Å². The molecule has 0 bridgehead atoms. The minimum Gasteiger partial charge on any atom is -0.492 e. The largest absolute Gasteiger partial charge is 0.496 e. The van der Waals surface area contributed by atoms with Crippen LogP contribution in [0.2, 0.25) is 10.0 Å². The van der Waals surface area contributed by atoms with Crippen molar-refractivity contribution in [1.29, 1.82) is 0 Å². The van der Waals surface area contributed by atoms with Crippen molar-refractivity contribution in [3.05, 3.63) is 22.2 Å². The van der Waals surface area contributed by atoms with Crippen LogP contribution < -0.4 is 10.2 Å². The molecule has 0 atom stereocenters. The summed E-state index contributed by atoms with van der Waals surface area (Å²) in [5, 5.41) is 1.03. The van der Waals surface area contributed by atoms with E-state index in [2.05, 4.69) is 0 Å². The summed E-state index contributed by atoms with van der Waals surface area (Å²) in [6.07, 6.45) is 0. The van der Waals surface area contributed by atoms with Crippen LogP contribution in [0.3, 0.4) is 0 Å². The van der Waals surface area contributed by atoms with E-state index in [1.807, 2.05) is 34.6 Å². The van der Waals surface area contributed by atoms with Crippen LogP contribution in [0.25, 0.3) is 0 Å². The van der Waals surface area contributed by atoms with Gasteiger partial charge in [-0.3, -0.25) is 0 Å². The van der Waals surface area contributed by atoms with Gasteiger partial charge in [-0.25, -0.2) is 0 Å². The molecule has 1 heterocycles. The van der Waals surface area contributed by atoms with E-state index in [1.54, 1.807) is 12.1 Å². The monoisotopic (exact) mass is 316 g/mol. The van der Waals surface area contributed by atoms with E-state index >= 15 is 0 Å². The highest BCUT2D eigenvalue weighted by atomic mass is 35.5. The third-order valence-corrected chi connectivity index (χ3v) is 4.48. The summed E-state index contributed by atoms with van der Waals surface area (Å²) in [4.78, 5) is 0. The Morgan fingerprint density at radius 1 is 1.05 bits per heavy atom. The molecule has 1 saturated heterocycles. The third-order valence-electron chi connectivity index (χ3n) is 3.86. The molecular weight excluding hydrogens is 298 g/mol. The number of halogens is 2. The maximum absolute atomic E-state index is 6.30. The predicted octanol–water partition coefficient (Wildman–Crippen LogP) is 3.69. The molecular formula is C14H19BCl2O3. The molecule has 0 radical (unpaired) electrons. The van der Waals surface area contributed by atoms with Gasteiger partial charge >= 0.3 is 7.12 Å². The highest BCUT2D eigenvalue weighted by Gasteiger charge is 2.52.